The Balaban J connectivity index is 1.40. The average molecular weight is 380 g/mol. The number of benzene rings is 2. The summed E-state index contributed by atoms with van der Waals surface area (Å²) in [5.74, 6) is 2.03. The summed E-state index contributed by atoms with van der Waals surface area (Å²) < 4.78 is 11.8. The van der Waals surface area contributed by atoms with Crippen molar-refractivity contribution in [2.75, 3.05) is 19.7 Å². The van der Waals surface area contributed by atoms with Gasteiger partial charge in [0.2, 0.25) is 0 Å². The van der Waals surface area contributed by atoms with Gasteiger partial charge >= 0.3 is 6.03 Å². The van der Waals surface area contributed by atoms with E-state index in [1.165, 1.54) is 24.8 Å². The molecule has 1 heterocycles. The summed E-state index contributed by atoms with van der Waals surface area (Å²) >= 11 is 0. The fourth-order valence-electron chi connectivity index (χ4n) is 3.89. The molecule has 0 bridgehead atoms. The maximum atomic E-state index is 13.0. The van der Waals surface area contributed by atoms with Crippen LogP contribution in [0.5, 0.6) is 11.5 Å². The SMILES string of the molecule is CCN(CC1COc2ccccc2O1)C(=O)NC(c1ccccc1)C1CCC1. The molecule has 28 heavy (non-hydrogen) atoms. The molecule has 2 unspecified atom stereocenters. The normalized spacial score (nSPS) is 19.4. The van der Waals surface area contributed by atoms with Crippen molar-refractivity contribution in [2.24, 2.45) is 5.92 Å². The number of carbonyl (C=O) groups excluding carboxylic acids is 1. The molecular formula is C23H28N2O3. The molecule has 4 rings (SSSR count). The lowest BCUT2D eigenvalue weighted by Crippen LogP contribution is -2.49. The Hall–Kier alpha value is -2.69. The first-order valence-corrected chi connectivity index (χ1v) is 10.2. The van der Waals surface area contributed by atoms with Crippen LogP contribution in [0, 0.1) is 5.92 Å². The van der Waals surface area contributed by atoms with Crippen molar-refractivity contribution in [1.82, 2.24) is 10.2 Å². The summed E-state index contributed by atoms with van der Waals surface area (Å²) in [5.41, 5.74) is 1.18. The van der Waals surface area contributed by atoms with E-state index in [0.717, 1.165) is 11.5 Å². The van der Waals surface area contributed by atoms with Gasteiger partial charge in [-0.2, -0.15) is 0 Å². The summed E-state index contributed by atoms with van der Waals surface area (Å²) in [5, 5.41) is 3.29. The molecule has 2 amide bonds. The average Bonchev–Trinajstić information content (AvgIpc) is 2.70. The highest BCUT2D eigenvalue weighted by molar-refractivity contribution is 5.74. The van der Waals surface area contributed by atoms with Crippen molar-refractivity contribution < 1.29 is 14.3 Å². The zero-order valence-corrected chi connectivity index (χ0v) is 16.3. The fourth-order valence-corrected chi connectivity index (χ4v) is 3.89. The highest BCUT2D eigenvalue weighted by atomic mass is 16.6. The standard InChI is InChI=1S/C23H28N2O3/c1-2-25(15-19-16-27-20-13-6-7-14-21(20)28-19)23(26)24-22(18-11-8-12-18)17-9-4-3-5-10-17/h3-7,9-10,13-14,18-19,22H,2,8,11-12,15-16H2,1H3,(H,24,26). The summed E-state index contributed by atoms with van der Waals surface area (Å²) in [4.78, 5) is 14.9. The van der Waals surface area contributed by atoms with Gasteiger partial charge in [-0.05, 0) is 43.4 Å². The molecular weight excluding hydrogens is 352 g/mol. The number of carbonyl (C=O) groups is 1. The zero-order valence-electron chi connectivity index (χ0n) is 16.3. The molecule has 1 fully saturated rings. The second kappa shape index (κ2) is 8.55. The van der Waals surface area contributed by atoms with Crippen molar-refractivity contribution >= 4 is 6.03 Å². The molecule has 1 saturated carbocycles. The van der Waals surface area contributed by atoms with E-state index in [1.807, 2.05) is 54.3 Å². The third kappa shape index (κ3) is 4.08. The second-order valence-electron chi connectivity index (χ2n) is 7.57. The Morgan fingerprint density at radius 1 is 1.11 bits per heavy atom. The summed E-state index contributed by atoms with van der Waals surface area (Å²) in [7, 11) is 0. The molecule has 0 saturated heterocycles. The van der Waals surface area contributed by atoms with Crippen LogP contribution in [-0.2, 0) is 0 Å². The number of rotatable bonds is 6. The van der Waals surface area contributed by atoms with Gasteiger partial charge < -0.3 is 19.7 Å². The predicted octanol–water partition coefficient (Wildman–Crippen LogP) is 4.40. The molecule has 5 nitrogen and oxygen atoms in total. The fraction of sp³-hybridized carbons (Fsp3) is 0.435. The molecule has 1 N–H and O–H groups in total. The summed E-state index contributed by atoms with van der Waals surface area (Å²) in [6, 6.07) is 18.0. The minimum atomic E-state index is -0.167. The number of para-hydroxylation sites is 2. The Kier molecular flexibility index (Phi) is 5.70. The lowest BCUT2D eigenvalue weighted by molar-refractivity contribution is 0.0663. The van der Waals surface area contributed by atoms with Crippen molar-refractivity contribution in [3.8, 4) is 11.5 Å². The highest BCUT2D eigenvalue weighted by Crippen LogP contribution is 2.38. The Labute approximate surface area is 166 Å². The lowest BCUT2D eigenvalue weighted by Gasteiger charge is -2.37. The monoisotopic (exact) mass is 380 g/mol. The number of ether oxygens (including phenoxy) is 2. The van der Waals surface area contributed by atoms with E-state index in [9.17, 15) is 4.79 Å². The van der Waals surface area contributed by atoms with Crippen LogP contribution in [0.4, 0.5) is 4.79 Å². The molecule has 2 aliphatic rings. The quantitative estimate of drug-likeness (QED) is 0.808. The van der Waals surface area contributed by atoms with Gasteiger partial charge in [0.25, 0.3) is 0 Å². The van der Waals surface area contributed by atoms with Crippen LogP contribution in [0.25, 0.3) is 0 Å². The van der Waals surface area contributed by atoms with Crippen LogP contribution < -0.4 is 14.8 Å². The number of fused-ring (bicyclic) bond motifs is 1. The molecule has 2 aromatic rings. The first-order chi connectivity index (χ1) is 13.7. The van der Waals surface area contributed by atoms with Crippen molar-refractivity contribution in [3.05, 3.63) is 60.2 Å². The van der Waals surface area contributed by atoms with Crippen molar-refractivity contribution in [2.45, 2.75) is 38.3 Å². The molecule has 1 aliphatic carbocycles. The van der Waals surface area contributed by atoms with Gasteiger partial charge in [0, 0.05) is 6.54 Å². The smallest absolute Gasteiger partial charge is 0.318 e. The Morgan fingerprint density at radius 2 is 1.82 bits per heavy atom. The van der Waals surface area contributed by atoms with Gasteiger partial charge in [0.1, 0.15) is 6.61 Å². The third-order valence-electron chi connectivity index (χ3n) is 5.72. The van der Waals surface area contributed by atoms with Gasteiger partial charge in [-0.25, -0.2) is 4.79 Å². The van der Waals surface area contributed by atoms with Crippen LogP contribution in [-0.4, -0.2) is 36.7 Å². The minimum absolute atomic E-state index is 0.0364. The predicted molar refractivity (Wildman–Crippen MR) is 109 cm³/mol. The van der Waals surface area contributed by atoms with E-state index in [0.29, 0.717) is 25.6 Å². The van der Waals surface area contributed by atoms with Gasteiger partial charge in [-0.15, -0.1) is 0 Å². The topological polar surface area (TPSA) is 50.8 Å². The van der Waals surface area contributed by atoms with E-state index in [2.05, 4.69) is 17.4 Å². The lowest BCUT2D eigenvalue weighted by atomic mass is 9.77. The van der Waals surface area contributed by atoms with Gasteiger partial charge in [-0.1, -0.05) is 48.9 Å². The molecule has 0 spiro atoms. The first kappa shape index (κ1) is 18.7. The van der Waals surface area contributed by atoms with E-state index in [4.69, 9.17) is 9.47 Å². The first-order valence-electron chi connectivity index (χ1n) is 10.2. The van der Waals surface area contributed by atoms with Crippen LogP contribution in [0.3, 0.4) is 0 Å². The van der Waals surface area contributed by atoms with Crippen LogP contribution in [0.2, 0.25) is 0 Å². The van der Waals surface area contributed by atoms with Crippen LogP contribution in [0.1, 0.15) is 37.8 Å². The number of hydrogen-bond acceptors (Lipinski definition) is 3. The van der Waals surface area contributed by atoms with E-state index in [-0.39, 0.29) is 18.2 Å². The third-order valence-corrected chi connectivity index (χ3v) is 5.72. The molecule has 0 radical (unpaired) electrons. The van der Waals surface area contributed by atoms with Crippen molar-refractivity contribution in [1.29, 1.82) is 0 Å². The Morgan fingerprint density at radius 3 is 2.50 bits per heavy atom. The van der Waals surface area contributed by atoms with E-state index >= 15 is 0 Å². The molecule has 2 atom stereocenters. The number of amides is 2. The molecule has 2 aromatic carbocycles. The highest BCUT2D eigenvalue weighted by Gasteiger charge is 2.31. The number of hydrogen-bond donors (Lipinski definition) is 1. The molecule has 1 aliphatic heterocycles. The largest absolute Gasteiger partial charge is 0.486 e. The van der Waals surface area contributed by atoms with Gasteiger partial charge in [0.05, 0.1) is 12.6 Å². The van der Waals surface area contributed by atoms with E-state index in [1.54, 1.807) is 0 Å². The number of likely N-dealkylation sites (N-methyl/N-ethyl adjacent to an activating group) is 1. The maximum Gasteiger partial charge on any atom is 0.318 e. The number of urea groups is 1. The van der Waals surface area contributed by atoms with Crippen molar-refractivity contribution in [3.63, 3.8) is 0 Å². The second-order valence-corrected chi connectivity index (χ2v) is 7.57. The summed E-state index contributed by atoms with van der Waals surface area (Å²) in [6.07, 6.45) is 3.41. The molecule has 0 aromatic heterocycles. The van der Waals surface area contributed by atoms with Gasteiger partial charge in [-0.3, -0.25) is 0 Å². The zero-order chi connectivity index (χ0) is 19.3. The minimum Gasteiger partial charge on any atom is -0.486 e. The summed E-state index contributed by atoms with van der Waals surface area (Å²) in [6.45, 7) is 3.58. The maximum absolute atomic E-state index is 13.0. The number of nitrogens with one attached hydrogen (secondary N) is 1. The van der Waals surface area contributed by atoms with Crippen LogP contribution >= 0.6 is 0 Å². The Bertz CT molecular complexity index is 791. The molecule has 5 heteroatoms. The van der Waals surface area contributed by atoms with E-state index < -0.39 is 0 Å². The number of nitrogens with zero attached hydrogens (tertiary/aromatic N) is 1. The van der Waals surface area contributed by atoms with Gasteiger partial charge in [0.15, 0.2) is 17.6 Å². The van der Waals surface area contributed by atoms with Crippen LogP contribution in [0.15, 0.2) is 54.6 Å². The molecule has 148 valence electrons.